The minimum Gasteiger partial charge on any atom is -0.0837 e. The van der Waals surface area contributed by atoms with Crippen molar-refractivity contribution in [2.24, 2.45) is 0 Å². The summed E-state index contributed by atoms with van der Waals surface area (Å²) in [6.07, 6.45) is 7.32. The number of allylic oxidation sites excluding steroid dienone is 4. The predicted molar refractivity (Wildman–Crippen MR) is 53.2 cm³/mol. The van der Waals surface area contributed by atoms with Crippen LogP contribution in [0.3, 0.4) is 0 Å². The summed E-state index contributed by atoms with van der Waals surface area (Å²) in [6.45, 7) is 0. The molecule has 1 aliphatic carbocycles. The predicted octanol–water partition coefficient (Wildman–Crippen LogP) is 3.68. The average Bonchev–Trinajstić information content (AvgIpc) is 2.57. The lowest BCUT2D eigenvalue weighted by Crippen LogP contribution is -1.81. The molecule has 0 spiro atoms. The average molecular weight is 177 g/mol. The van der Waals surface area contributed by atoms with E-state index in [1.54, 1.807) is 0 Å². The monoisotopic (exact) mass is 176 g/mol. The van der Waals surface area contributed by atoms with E-state index in [1.807, 2.05) is 18.2 Å². The number of rotatable bonds is 1. The Hall–Kier alpha value is -1.01. The van der Waals surface area contributed by atoms with E-state index in [4.69, 9.17) is 11.6 Å². The number of hydrogen-bond donors (Lipinski definition) is 0. The molecule has 0 bridgehead atoms. The highest BCUT2D eigenvalue weighted by Gasteiger charge is 2.05. The fraction of sp³-hybridized carbons (Fsp3) is 0.0909. The maximum absolute atomic E-state index is 6.04. The van der Waals surface area contributed by atoms with E-state index >= 15 is 0 Å². The quantitative estimate of drug-likeness (QED) is 0.613. The van der Waals surface area contributed by atoms with Crippen LogP contribution in [0.5, 0.6) is 0 Å². The zero-order valence-electron chi connectivity index (χ0n) is 6.63. The second-order valence-corrected chi connectivity index (χ2v) is 3.21. The molecule has 0 aliphatic heterocycles. The van der Waals surface area contributed by atoms with Gasteiger partial charge in [-0.25, -0.2) is 0 Å². The second-order valence-electron chi connectivity index (χ2n) is 2.80. The van der Waals surface area contributed by atoms with Gasteiger partial charge in [-0.3, -0.25) is 0 Å². The molecule has 1 heteroatoms. The summed E-state index contributed by atoms with van der Waals surface area (Å²) < 4.78 is 0. The van der Waals surface area contributed by atoms with Crippen molar-refractivity contribution in [2.75, 3.05) is 0 Å². The first-order valence-corrected chi connectivity index (χ1v) is 4.36. The minimum absolute atomic E-state index is 0.840. The SMILES string of the molecule is Clc1ccccc1C1=CC=CC1. The molecule has 0 atom stereocenters. The summed E-state index contributed by atoms with van der Waals surface area (Å²) in [5.74, 6) is 0. The molecule has 1 aromatic carbocycles. The van der Waals surface area contributed by atoms with E-state index in [0.717, 1.165) is 17.0 Å². The topological polar surface area (TPSA) is 0 Å². The fourth-order valence-corrected chi connectivity index (χ4v) is 1.63. The first-order chi connectivity index (χ1) is 5.88. The summed E-state index contributed by atoms with van der Waals surface area (Å²) in [5, 5.41) is 0.840. The third-order valence-corrected chi connectivity index (χ3v) is 2.32. The van der Waals surface area contributed by atoms with Gasteiger partial charge in [-0.05, 0) is 23.6 Å². The van der Waals surface area contributed by atoms with Gasteiger partial charge in [-0.1, -0.05) is 48.0 Å². The molecule has 0 nitrogen and oxygen atoms in total. The van der Waals surface area contributed by atoms with E-state index in [9.17, 15) is 0 Å². The third kappa shape index (κ3) is 1.30. The molecular formula is C11H9Cl. The molecule has 0 saturated heterocycles. The summed E-state index contributed by atoms with van der Waals surface area (Å²) in [6, 6.07) is 7.95. The Labute approximate surface area is 77.2 Å². The molecule has 0 fully saturated rings. The van der Waals surface area contributed by atoms with Gasteiger partial charge in [-0.15, -0.1) is 0 Å². The molecule has 1 aromatic rings. The van der Waals surface area contributed by atoms with E-state index in [-0.39, 0.29) is 0 Å². The normalized spacial score (nSPS) is 14.9. The maximum atomic E-state index is 6.04. The van der Waals surface area contributed by atoms with Crippen LogP contribution in [0, 0.1) is 0 Å². The Morgan fingerprint density at radius 1 is 1.17 bits per heavy atom. The summed E-state index contributed by atoms with van der Waals surface area (Å²) in [5.41, 5.74) is 2.46. The molecule has 0 heterocycles. The van der Waals surface area contributed by atoms with Gasteiger partial charge in [0, 0.05) is 5.02 Å². The molecule has 0 saturated carbocycles. The molecule has 2 rings (SSSR count). The van der Waals surface area contributed by atoms with Crippen LogP contribution in [-0.4, -0.2) is 0 Å². The molecule has 0 aromatic heterocycles. The zero-order valence-corrected chi connectivity index (χ0v) is 7.38. The molecule has 0 unspecified atom stereocenters. The highest BCUT2D eigenvalue weighted by Crippen LogP contribution is 2.28. The van der Waals surface area contributed by atoms with Crippen LogP contribution in [0.1, 0.15) is 12.0 Å². The summed E-state index contributed by atoms with van der Waals surface area (Å²) in [4.78, 5) is 0. The van der Waals surface area contributed by atoms with Crippen LogP contribution in [0.4, 0.5) is 0 Å². The Bertz CT molecular complexity index is 348. The van der Waals surface area contributed by atoms with E-state index in [1.165, 1.54) is 5.57 Å². The summed E-state index contributed by atoms with van der Waals surface area (Å²) in [7, 11) is 0. The van der Waals surface area contributed by atoms with Gasteiger partial charge in [0.2, 0.25) is 0 Å². The van der Waals surface area contributed by atoms with Crippen molar-refractivity contribution in [3.05, 3.63) is 53.1 Å². The van der Waals surface area contributed by atoms with Crippen LogP contribution in [0.15, 0.2) is 42.5 Å². The van der Waals surface area contributed by atoms with Gasteiger partial charge >= 0.3 is 0 Å². The van der Waals surface area contributed by atoms with Gasteiger partial charge in [0.05, 0.1) is 0 Å². The van der Waals surface area contributed by atoms with Gasteiger partial charge in [0.1, 0.15) is 0 Å². The molecule has 0 radical (unpaired) electrons. The Morgan fingerprint density at radius 3 is 2.67 bits per heavy atom. The standard InChI is InChI=1S/C11H9Cl/c12-11-8-4-3-7-10(11)9-5-1-2-6-9/h1-5,7-8H,6H2. The Kier molecular flexibility index (Phi) is 2.01. The van der Waals surface area contributed by atoms with E-state index in [2.05, 4.69) is 24.3 Å². The van der Waals surface area contributed by atoms with Crippen molar-refractivity contribution >= 4 is 17.2 Å². The first kappa shape index (κ1) is 7.63. The van der Waals surface area contributed by atoms with E-state index in [0.29, 0.717) is 0 Å². The van der Waals surface area contributed by atoms with Crippen molar-refractivity contribution in [3.63, 3.8) is 0 Å². The highest BCUT2D eigenvalue weighted by molar-refractivity contribution is 6.32. The first-order valence-electron chi connectivity index (χ1n) is 3.98. The van der Waals surface area contributed by atoms with Crippen molar-refractivity contribution in [1.29, 1.82) is 0 Å². The smallest absolute Gasteiger partial charge is 0.0481 e. The van der Waals surface area contributed by atoms with Gasteiger partial charge in [0.25, 0.3) is 0 Å². The third-order valence-electron chi connectivity index (χ3n) is 1.99. The minimum atomic E-state index is 0.840. The molecule has 60 valence electrons. The van der Waals surface area contributed by atoms with Crippen molar-refractivity contribution in [3.8, 4) is 0 Å². The number of halogens is 1. The number of benzene rings is 1. The van der Waals surface area contributed by atoms with Crippen molar-refractivity contribution in [1.82, 2.24) is 0 Å². The maximum Gasteiger partial charge on any atom is 0.0481 e. The Balaban J connectivity index is 2.40. The van der Waals surface area contributed by atoms with Crippen LogP contribution >= 0.6 is 11.6 Å². The molecule has 0 amide bonds. The van der Waals surface area contributed by atoms with Crippen molar-refractivity contribution in [2.45, 2.75) is 6.42 Å². The van der Waals surface area contributed by atoms with Crippen LogP contribution in [-0.2, 0) is 0 Å². The molecular weight excluding hydrogens is 168 g/mol. The van der Waals surface area contributed by atoms with Crippen LogP contribution in [0.2, 0.25) is 5.02 Å². The van der Waals surface area contributed by atoms with Gasteiger partial charge in [-0.2, -0.15) is 0 Å². The lowest BCUT2D eigenvalue weighted by molar-refractivity contribution is 1.43. The summed E-state index contributed by atoms with van der Waals surface area (Å²) >= 11 is 6.04. The highest BCUT2D eigenvalue weighted by atomic mass is 35.5. The van der Waals surface area contributed by atoms with Gasteiger partial charge in [0.15, 0.2) is 0 Å². The molecule has 1 aliphatic rings. The van der Waals surface area contributed by atoms with Crippen LogP contribution < -0.4 is 0 Å². The fourth-order valence-electron chi connectivity index (χ4n) is 1.37. The van der Waals surface area contributed by atoms with Gasteiger partial charge < -0.3 is 0 Å². The van der Waals surface area contributed by atoms with Crippen LogP contribution in [0.25, 0.3) is 5.57 Å². The number of hydrogen-bond acceptors (Lipinski definition) is 0. The Morgan fingerprint density at radius 2 is 2.00 bits per heavy atom. The van der Waals surface area contributed by atoms with Crippen molar-refractivity contribution < 1.29 is 0 Å². The largest absolute Gasteiger partial charge is 0.0837 e. The second kappa shape index (κ2) is 3.16. The molecule has 12 heavy (non-hydrogen) atoms. The van der Waals surface area contributed by atoms with E-state index < -0.39 is 0 Å². The molecule has 0 N–H and O–H groups in total. The lowest BCUT2D eigenvalue weighted by Gasteiger charge is -2.03. The zero-order chi connectivity index (χ0) is 8.39. The lowest BCUT2D eigenvalue weighted by atomic mass is 10.1.